The fourth-order valence-corrected chi connectivity index (χ4v) is 13.4. The molecule has 0 aromatic carbocycles. The Hall–Kier alpha value is 0.407. The number of rotatable bonds is 56. The van der Waals surface area contributed by atoms with Gasteiger partial charge in [-0.25, -0.2) is 0 Å². The van der Waals surface area contributed by atoms with Gasteiger partial charge < -0.3 is 18.7 Å². The first-order valence-corrected chi connectivity index (χ1v) is 32.3. The largest absolute Gasteiger partial charge is 0.393 e. The second kappa shape index (κ2) is 53.4. The Labute approximate surface area is 406 Å². The summed E-state index contributed by atoms with van der Waals surface area (Å²) in [7, 11) is -2.37. The summed E-state index contributed by atoms with van der Waals surface area (Å²) in [6, 6.07) is 2.28. The molecule has 0 spiro atoms. The SMILES string of the molecule is CCCCCCCCCCN(CCCCCCCCCC)CCO[Si](CCCS)(CCCCCCCCCC)OCCN(CCCCCCCCCC)CCCCCCCCCC. The van der Waals surface area contributed by atoms with Gasteiger partial charge in [0, 0.05) is 26.3 Å². The summed E-state index contributed by atoms with van der Waals surface area (Å²) >= 11 is 4.76. The molecule has 0 unspecified atom stereocenters. The Morgan fingerprint density at radius 1 is 0.270 bits per heavy atom. The minimum absolute atomic E-state index is 0.851. The summed E-state index contributed by atoms with van der Waals surface area (Å²) in [6.07, 6.45) is 56.7. The Bertz CT molecular complexity index is 746. The van der Waals surface area contributed by atoms with E-state index in [1.54, 1.807) is 0 Å². The predicted octanol–water partition coefficient (Wildman–Crippen LogP) is 19.1. The number of nitrogens with zero attached hydrogens (tertiary/aromatic N) is 2. The van der Waals surface area contributed by atoms with Crippen LogP contribution in [0.5, 0.6) is 0 Å². The van der Waals surface area contributed by atoms with E-state index in [-0.39, 0.29) is 0 Å². The van der Waals surface area contributed by atoms with Crippen molar-refractivity contribution >= 4 is 21.2 Å². The van der Waals surface area contributed by atoms with E-state index < -0.39 is 8.56 Å². The molecule has 0 aliphatic carbocycles. The third-order valence-corrected chi connectivity index (χ3v) is 18.0. The van der Waals surface area contributed by atoms with E-state index in [2.05, 4.69) is 44.4 Å². The first-order chi connectivity index (χ1) is 31.1. The van der Waals surface area contributed by atoms with Gasteiger partial charge >= 0.3 is 8.56 Å². The number of hydrogen-bond donors (Lipinski definition) is 1. The van der Waals surface area contributed by atoms with Crippen LogP contribution in [-0.4, -0.2) is 76.6 Å². The van der Waals surface area contributed by atoms with Crippen LogP contribution >= 0.6 is 12.6 Å². The van der Waals surface area contributed by atoms with Gasteiger partial charge in [0.05, 0.1) is 0 Å². The predicted molar refractivity (Wildman–Crippen MR) is 292 cm³/mol. The molecule has 0 bridgehead atoms. The van der Waals surface area contributed by atoms with Crippen molar-refractivity contribution in [2.24, 2.45) is 0 Å². The maximum absolute atomic E-state index is 7.30. The molecular weight excluding hydrogens is 805 g/mol. The van der Waals surface area contributed by atoms with E-state index in [1.807, 2.05) is 0 Å². The average molecular weight is 926 g/mol. The lowest BCUT2D eigenvalue weighted by Crippen LogP contribution is -2.46. The van der Waals surface area contributed by atoms with Gasteiger partial charge in [-0.3, -0.25) is 0 Å². The zero-order valence-corrected chi connectivity index (χ0v) is 46.3. The molecule has 0 heterocycles. The molecule has 63 heavy (non-hydrogen) atoms. The van der Waals surface area contributed by atoms with Gasteiger partial charge in [0.25, 0.3) is 0 Å². The van der Waals surface area contributed by atoms with Crippen LogP contribution < -0.4 is 0 Å². The van der Waals surface area contributed by atoms with E-state index in [1.165, 1.54) is 289 Å². The van der Waals surface area contributed by atoms with Gasteiger partial charge in [-0.15, -0.1) is 0 Å². The molecule has 0 aliphatic heterocycles. The van der Waals surface area contributed by atoms with Gasteiger partial charge in [-0.2, -0.15) is 12.6 Å². The molecule has 0 aromatic heterocycles. The minimum Gasteiger partial charge on any atom is -0.393 e. The summed E-state index contributed by atoms with van der Waals surface area (Å²) in [5.74, 6) is 0.935. The van der Waals surface area contributed by atoms with E-state index in [0.29, 0.717) is 0 Å². The fraction of sp³-hybridized carbons (Fsp3) is 1.00. The number of thiol groups is 1. The van der Waals surface area contributed by atoms with Crippen molar-refractivity contribution in [3.05, 3.63) is 0 Å². The molecule has 0 radical (unpaired) electrons. The molecule has 0 aliphatic rings. The van der Waals surface area contributed by atoms with Crippen molar-refractivity contribution in [2.75, 3.05) is 58.2 Å². The van der Waals surface area contributed by atoms with Crippen molar-refractivity contribution in [2.45, 2.75) is 310 Å². The fourth-order valence-electron chi connectivity index (χ4n) is 9.60. The maximum atomic E-state index is 7.30. The quantitative estimate of drug-likeness (QED) is 0.0373. The normalized spacial score (nSPS) is 12.2. The van der Waals surface area contributed by atoms with E-state index in [4.69, 9.17) is 21.5 Å². The van der Waals surface area contributed by atoms with Gasteiger partial charge in [0.1, 0.15) is 0 Å². The smallest absolute Gasteiger partial charge is 0.338 e. The molecule has 0 atom stereocenters. The first kappa shape index (κ1) is 63.4. The van der Waals surface area contributed by atoms with Crippen LogP contribution in [-0.2, 0) is 8.85 Å². The van der Waals surface area contributed by atoms with Crippen LogP contribution in [0.3, 0.4) is 0 Å². The van der Waals surface area contributed by atoms with E-state index >= 15 is 0 Å². The van der Waals surface area contributed by atoms with Crippen LogP contribution in [0.25, 0.3) is 0 Å². The maximum Gasteiger partial charge on any atom is 0.338 e. The summed E-state index contributed by atoms with van der Waals surface area (Å²) in [5.41, 5.74) is 0. The lowest BCUT2D eigenvalue weighted by Gasteiger charge is -2.33. The second-order valence-corrected chi connectivity index (χ2v) is 24.1. The third kappa shape index (κ3) is 45.9. The highest BCUT2D eigenvalue weighted by atomic mass is 32.1. The molecule has 0 saturated heterocycles. The Morgan fingerprint density at radius 2 is 0.492 bits per heavy atom. The van der Waals surface area contributed by atoms with E-state index in [0.717, 1.165) is 44.5 Å². The molecule has 0 N–H and O–H groups in total. The zero-order valence-electron chi connectivity index (χ0n) is 44.4. The molecule has 0 aromatic rings. The van der Waals surface area contributed by atoms with Gasteiger partial charge in [-0.1, -0.05) is 266 Å². The second-order valence-electron chi connectivity index (χ2n) is 20.2. The molecule has 380 valence electrons. The molecule has 4 nitrogen and oxygen atoms in total. The minimum atomic E-state index is -2.37. The van der Waals surface area contributed by atoms with Gasteiger partial charge in [0.15, 0.2) is 0 Å². The monoisotopic (exact) mass is 925 g/mol. The zero-order chi connectivity index (χ0) is 45.8. The Kier molecular flexibility index (Phi) is 53.7. The highest BCUT2D eigenvalue weighted by Crippen LogP contribution is 2.26. The van der Waals surface area contributed by atoms with Crippen LogP contribution in [0.2, 0.25) is 12.1 Å². The van der Waals surface area contributed by atoms with Crippen LogP contribution in [0.1, 0.15) is 298 Å². The molecule has 0 fully saturated rings. The summed E-state index contributed by atoms with van der Waals surface area (Å²) in [4.78, 5) is 5.58. The van der Waals surface area contributed by atoms with E-state index in [9.17, 15) is 0 Å². The summed E-state index contributed by atoms with van der Waals surface area (Å²) in [6.45, 7) is 20.4. The number of unbranched alkanes of at least 4 members (excludes halogenated alkanes) is 35. The third-order valence-electron chi connectivity index (χ3n) is 14.0. The standard InChI is InChI=1S/C57H120N2O2SSi/c1-6-11-16-21-26-31-36-41-47-58(48-42-37-32-27-22-17-12-7-2)51-53-60-63(57-46-55-62,56-45-40-35-30-25-20-15-10-5)61-54-52-59(49-43-38-33-28-23-18-13-8-3)50-44-39-34-29-24-19-14-9-4/h62H,6-57H2,1-5H3. The summed E-state index contributed by atoms with van der Waals surface area (Å²) in [5, 5.41) is 0. The topological polar surface area (TPSA) is 24.9 Å². The van der Waals surface area contributed by atoms with Crippen molar-refractivity contribution < 1.29 is 8.85 Å². The van der Waals surface area contributed by atoms with Crippen molar-refractivity contribution in [3.63, 3.8) is 0 Å². The molecule has 6 heteroatoms. The Balaban J connectivity index is 5.65. The van der Waals surface area contributed by atoms with Crippen molar-refractivity contribution in [1.82, 2.24) is 9.80 Å². The Morgan fingerprint density at radius 3 is 0.746 bits per heavy atom. The number of hydrogen-bond acceptors (Lipinski definition) is 5. The van der Waals surface area contributed by atoms with Crippen molar-refractivity contribution in [3.8, 4) is 0 Å². The average Bonchev–Trinajstić information content (AvgIpc) is 3.29. The summed E-state index contributed by atoms with van der Waals surface area (Å²) < 4.78 is 14.6. The van der Waals surface area contributed by atoms with Gasteiger partial charge in [-0.05, 0) is 76.1 Å². The van der Waals surface area contributed by atoms with Crippen LogP contribution in [0, 0.1) is 0 Å². The van der Waals surface area contributed by atoms with Crippen LogP contribution in [0.4, 0.5) is 0 Å². The lowest BCUT2D eigenvalue weighted by atomic mass is 10.1. The molecular formula is C57H120N2O2SSi. The van der Waals surface area contributed by atoms with Gasteiger partial charge in [0.2, 0.25) is 0 Å². The lowest BCUT2D eigenvalue weighted by molar-refractivity contribution is 0.122. The first-order valence-electron chi connectivity index (χ1n) is 29.4. The molecule has 0 amide bonds. The van der Waals surface area contributed by atoms with Crippen LogP contribution in [0.15, 0.2) is 0 Å². The highest BCUT2D eigenvalue weighted by Gasteiger charge is 2.37. The molecule has 0 rings (SSSR count). The highest BCUT2D eigenvalue weighted by molar-refractivity contribution is 7.80. The van der Waals surface area contributed by atoms with Crippen molar-refractivity contribution in [1.29, 1.82) is 0 Å². The molecule has 0 saturated carbocycles.